The van der Waals surface area contributed by atoms with Crippen LogP contribution in [0.5, 0.6) is 0 Å². The van der Waals surface area contributed by atoms with E-state index in [0.717, 1.165) is 11.8 Å². The number of rotatable bonds is 3. The Morgan fingerprint density at radius 2 is 2.09 bits per heavy atom. The molecule has 1 N–H and O–H groups in total. The summed E-state index contributed by atoms with van der Waals surface area (Å²) in [6.45, 7) is 0. The molecule has 0 unspecified atom stereocenters. The zero-order valence-electron chi connectivity index (χ0n) is 11.2. The number of nitrogens with one attached hydrogen (secondary N) is 1. The van der Waals surface area contributed by atoms with Gasteiger partial charge >= 0.3 is 0 Å². The summed E-state index contributed by atoms with van der Waals surface area (Å²) in [5.41, 5.74) is -1.82. The van der Waals surface area contributed by atoms with Gasteiger partial charge in [0.05, 0.1) is 10.5 Å². The van der Waals surface area contributed by atoms with Crippen LogP contribution in [0.4, 0.5) is 5.69 Å². The van der Waals surface area contributed by atoms with E-state index in [2.05, 4.69) is 9.97 Å². The van der Waals surface area contributed by atoms with Gasteiger partial charge < -0.3 is 4.98 Å². The molecule has 0 bridgehead atoms. The average molecular weight is 313 g/mol. The van der Waals surface area contributed by atoms with E-state index in [-0.39, 0.29) is 27.5 Å². The van der Waals surface area contributed by atoms with Gasteiger partial charge in [-0.1, -0.05) is 17.8 Å². The van der Waals surface area contributed by atoms with Crippen LogP contribution < -0.4 is 5.56 Å². The van der Waals surface area contributed by atoms with Crippen LogP contribution in [-0.2, 0) is 0 Å². The second-order valence-electron chi connectivity index (χ2n) is 3.98. The molecule has 0 aliphatic rings. The summed E-state index contributed by atoms with van der Waals surface area (Å²) >= 11 is 1.12. The molecule has 1 aromatic heterocycles. The lowest BCUT2D eigenvalue weighted by atomic mass is 10.0. The number of nitro benzene ring substituents is 1. The fourth-order valence-electron chi connectivity index (χ4n) is 1.87. The van der Waals surface area contributed by atoms with Crippen LogP contribution in [0.25, 0.3) is 11.3 Å². The number of nitro groups is 1. The van der Waals surface area contributed by atoms with Crippen molar-refractivity contribution in [3.8, 4) is 23.4 Å². The fourth-order valence-corrected chi connectivity index (χ4v) is 2.25. The molecule has 0 saturated carbocycles. The number of aromatic amines is 1. The monoisotopic (exact) mass is 313 g/mol. The molecule has 0 aliphatic heterocycles. The molecule has 8 nitrogen and oxygen atoms in total. The lowest BCUT2D eigenvalue weighted by Gasteiger charge is -2.06. The Bertz CT molecular complexity index is 907. The molecular formula is C13H7N5O3S. The number of benzene rings is 1. The zero-order valence-corrected chi connectivity index (χ0v) is 12.0. The van der Waals surface area contributed by atoms with E-state index >= 15 is 0 Å². The SMILES string of the molecule is CSc1nc(-c2cccc(C#N)c2[N+](=O)[O-])c(C#N)c(=O)[nH]1. The Labute approximate surface area is 128 Å². The van der Waals surface area contributed by atoms with Gasteiger partial charge in [0.2, 0.25) is 0 Å². The van der Waals surface area contributed by atoms with Gasteiger partial charge in [-0.15, -0.1) is 0 Å². The van der Waals surface area contributed by atoms with Gasteiger partial charge in [-0.3, -0.25) is 14.9 Å². The minimum absolute atomic E-state index is 0.0398. The summed E-state index contributed by atoms with van der Waals surface area (Å²) in [4.78, 5) is 28.9. The normalized spacial score (nSPS) is 9.77. The average Bonchev–Trinajstić information content (AvgIpc) is 2.52. The molecule has 0 atom stereocenters. The summed E-state index contributed by atoms with van der Waals surface area (Å²) in [6.07, 6.45) is 1.66. The van der Waals surface area contributed by atoms with Crippen molar-refractivity contribution in [2.24, 2.45) is 0 Å². The number of H-pyrrole nitrogens is 1. The number of nitriles is 2. The second kappa shape index (κ2) is 6.08. The largest absolute Gasteiger partial charge is 0.300 e. The first-order chi connectivity index (χ1) is 10.5. The number of hydrogen-bond acceptors (Lipinski definition) is 7. The minimum Gasteiger partial charge on any atom is -0.300 e. The lowest BCUT2D eigenvalue weighted by molar-refractivity contribution is -0.384. The van der Waals surface area contributed by atoms with Crippen LogP contribution >= 0.6 is 11.8 Å². The van der Waals surface area contributed by atoms with Crippen LogP contribution in [0.1, 0.15) is 11.1 Å². The molecule has 108 valence electrons. The molecule has 0 saturated heterocycles. The molecule has 0 fully saturated rings. The summed E-state index contributed by atoms with van der Waals surface area (Å²) in [6, 6.07) is 7.50. The summed E-state index contributed by atoms with van der Waals surface area (Å²) in [5.74, 6) is 0. The van der Waals surface area contributed by atoms with Gasteiger partial charge in [0.25, 0.3) is 11.2 Å². The Balaban J connectivity index is 2.92. The smallest absolute Gasteiger partial charge is 0.296 e. The molecular weight excluding hydrogens is 306 g/mol. The maximum atomic E-state index is 11.9. The predicted molar refractivity (Wildman–Crippen MR) is 78.2 cm³/mol. The van der Waals surface area contributed by atoms with Crippen molar-refractivity contribution >= 4 is 17.4 Å². The van der Waals surface area contributed by atoms with Gasteiger partial charge in [0, 0.05) is 0 Å². The quantitative estimate of drug-likeness (QED) is 0.395. The molecule has 2 aromatic rings. The lowest BCUT2D eigenvalue weighted by Crippen LogP contribution is -2.15. The fraction of sp³-hybridized carbons (Fsp3) is 0.0769. The second-order valence-corrected chi connectivity index (χ2v) is 4.78. The summed E-state index contributed by atoms with van der Waals surface area (Å²) in [7, 11) is 0. The number of aromatic nitrogens is 2. The molecule has 0 aliphatic carbocycles. The number of hydrogen-bond donors (Lipinski definition) is 1. The Hall–Kier alpha value is -3.17. The van der Waals surface area contributed by atoms with Gasteiger partial charge in [-0.25, -0.2) is 4.98 Å². The molecule has 0 radical (unpaired) electrons. The van der Waals surface area contributed by atoms with Crippen LogP contribution in [0.15, 0.2) is 28.2 Å². The first-order valence-corrected chi connectivity index (χ1v) is 7.02. The Morgan fingerprint density at radius 3 is 2.64 bits per heavy atom. The highest BCUT2D eigenvalue weighted by Crippen LogP contribution is 2.32. The number of thioether (sulfide) groups is 1. The third-order valence-corrected chi connectivity index (χ3v) is 3.38. The molecule has 0 spiro atoms. The molecule has 22 heavy (non-hydrogen) atoms. The first kappa shape index (κ1) is 15.2. The van der Waals surface area contributed by atoms with E-state index in [4.69, 9.17) is 10.5 Å². The maximum absolute atomic E-state index is 11.9. The van der Waals surface area contributed by atoms with E-state index in [1.165, 1.54) is 18.2 Å². The standard InChI is InChI=1S/C13H7N5O3S/c1-22-13-16-10(9(6-15)12(19)17-13)8-4-2-3-7(5-14)11(8)18(20)21/h2-4H,1H3,(H,16,17,19). The van der Waals surface area contributed by atoms with Gasteiger partial charge in [-0.05, 0) is 18.4 Å². The highest BCUT2D eigenvalue weighted by atomic mass is 32.2. The summed E-state index contributed by atoms with van der Waals surface area (Å²) in [5, 5.41) is 29.6. The Morgan fingerprint density at radius 1 is 1.36 bits per heavy atom. The highest BCUT2D eigenvalue weighted by Gasteiger charge is 2.25. The third kappa shape index (κ3) is 2.53. The van der Waals surface area contributed by atoms with Gasteiger partial charge in [-0.2, -0.15) is 10.5 Å². The maximum Gasteiger partial charge on any atom is 0.296 e. The van der Waals surface area contributed by atoms with E-state index in [9.17, 15) is 14.9 Å². The minimum atomic E-state index is -0.726. The Kier molecular flexibility index (Phi) is 4.20. The topological polar surface area (TPSA) is 136 Å². The van der Waals surface area contributed by atoms with E-state index in [1.807, 2.05) is 0 Å². The third-order valence-electron chi connectivity index (χ3n) is 2.80. The van der Waals surface area contributed by atoms with Crippen molar-refractivity contribution in [2.75, 3.05) is 6.26 Å². The molecule has 2 rings (SSSR count). The number of para-hydroxylation sites is 1. The van der Waals surface area contributed by atoms with Crippen LogP contribution in [-0.4, -0.2) is 21.1 Å². The van der Waals surface area contributed by atoms with E-state index in [0.29, 0.717) is 0 Å². The molecule has 1 aromatic carbocycles. The molecule has 1 heterocycles. The van der Waals surface area contributed by atoms with Crippen molar-refractivity contribution in [3.05, 3.63) is 49.8 Å². The van der Waals surface area contributed by atoms with E-state index < -0.39 is 16.2 Å². The van der Waals surface area contributed by atoms with Crippen molar-refractivity contribution in [1.82, 2.24) is 9.97 Å². The van der Waals surface area contributed by atoms with Crippen LogP contribution in [0, 0.1) is 32.8 Å². The van der Waals surface area contributed by atoms with E-state index in [1.54, 1.807) is 18.4 Å². The predicted octanol–water partition coefficient (Wildman–Crippen LogP) is 1.81. The van der Waals surface area contributed by atoms with Crippen molar-refractivity contribution in [1.29, 1.82) is 10.5 Å². The van der Waals surface area contributed by atoms with Crippen LogP contribution in [0.2, 0.25) is 0 Å². The van der Waals surface area contributed by atoms with Gasteiger partial charge in [0.1, 0.15) is 29.0 Å². The first-order valence-electron chi connectivity index (χ1n) is 5.79. The van der Waals surface area contributed by atoms with Crippen molar-refractivity contribution < 1.29 is 4.92 Å². The number of nitrogens with zero attached hydrogens (tertiary/aromatic N) is 4. The molecule has 0 amide bonds. The zero-order chi connectivity index (χ0) is 16.3. The highest BCUT2D eigenvalue weighted by molar-refractivity contribution is 7.98. The van der Waals surface area contributed by atoms with Crippen molar-refractivity contribution in [2.45, 2.75) is 5.16 Å². The van der Waals surface area contributed by atoms with Crippen LogP contribution in [0.3, 0.4) is 0 Å². The summed E-state index contributed by atoms with van der Waals surface area (Å²) < 4.78 is 0. The van der Waals surface area contributed by atoms with Gasteiger partial charge in [0.15, 0.2) is 5.16 Å². The van der Waals surface area contributed by atoms with Crippen molar-refractivity contribution in [3.63, 3.8) is 0 Å². The molecule has 9 heteroatoms.